The number of carbonyl (C=O) groups is 2. The van der Waals surface area contributed by atoms with Gasteiger partial charge in [-0.2, -0.15) is 0 Å². The third-order valence-corrected chi connectivity index (χ3v) is 6.33. The number of allylic oxidation sites excluding steroid dienone is 1. The summed E-state index contributed by atoms with van der Waals surface area (Å²) in [5.41, 5.74) is 4.38. The van der Waals surface area contributed by atoms with E-state index in [4.69, 9.17) is 11.6 Å². The highest BCUT2D eigenvalue weighted by molar-refractivity contribution is 7.99. The van der Waals surface area contributed by atoms with E-state index in [0.717, 1.165) is 22.4 Å². The molecule has 0 atom stereocenters. The van der Waals surface area contributed by atoms with Gasteiger partial charge in [-0.15, -0.1) is 16.8 Å². The molecular formula is C24H26ClN5O2S. The predicted molar refractivity (Wildman–Crippen MR) is 134 cm³/mol. The summed E-state index contributed by atoms with van der Waals surface area (Å²) in [6.45, 7) is 10.0. The van der Waals surface area contributed by atoms with Crippen molar-refractivity contribution in [2.75, 3.05) is 16.4 Å². The van der Waals surface area contributed by atoms with E-state index in [1.807, 2.05) is 45.0 Å². The van der Waals surface area contributed by atoms with E-state index in [-0.39, 0.29) is 24.0 Å². The number of aromatic nitrogens is 3. The van der Waals surface area contributed by atoms with Gasteiger partial charge in [0.15, 0.2) is 5.16 Å². The molecule has 0 fully saturated rings. The number of rotatable bonds is 9. The SMILES string of the molecule is C=CCn1c(CC(=O)Nc2ccc(C)c(Cl)c2)nnc1SCC(=O)Nc1c(C)cccc1C. The van der Waals surface area contributed by atoms with Crippen LogP contribution in [-0.2, 0) is 22.6 Å². The molecule has 0 saturated carbocycles. The second-order valence-corrected chi connectivity index (χ2v) is 8.94. The standard InChI is InChI=1S/C24H26ClN5O2S/c1-5-11-30-20(13-21(31)26-18-10-9-15(2)19(25)12-18)28-29-24(30)33-14-22(32)27-23-16(3)7-6-8-17(23)4/h5-10,12H,1,11,13-14H2,2-4H3,(H,26,31)(H,27,32). The summed E-state index contributed by atoms with van der Waals surface area (Å²) in [6, 6.07) is 11.2. The van der Waals surface area contributed by atoms with Gasteiger partial charge < -0.3 is 15.2 Å². The molecule has 2 amide bonds. The maximum Gasteiger partial charge on any atom is 0.234 e. The summed E-state index contributed by atoms with van der Waals surface area (Å²) in [7, 11) is 0. The summed E-state index contributed by atoms with van der Waals surface area (Å²) in [4.78, 5) is 25.1. The molecule has 3 rings (SSSR count). The van der Waals surface area contributed by atoms with Crippen LogP contribution >= 0.6 is 23.4 Å². The third kappa shape index (κ3) is 6.46. The number of aryl methyl sites for hydroxylation is 3. The Hall–Kier alpha value is -3.10. The zero-order valence-electron chi connectivity index (χ0n) is 18.8. The fourth-order valence-corrected chi connectivity index (χ4v) is 4.15. The number of carbonyl (C=O) groups excluding carboxylic acids is 2. The maximum atomic E-state index is 12.5. The van der Waals surface area contributed by atoms with Gasteiger partial charge >= 0.3 is 0 Å². The average molecular weight is 484 g/mol. The fraction of sp³-hybridized carbons (Fsp3) is 0.250. The first kappa shape index (κ1) is 24.5. The van der Waals surface area contributed by atoms with Crippen LogP contribution in [0.4, 0.5) is 11.4 Å². The van der Waals surface area contributed by atoms with E-state index in [1.165, 1.54) is 11.8 Å². The van der Waals surface area contributed by atoms with Gasteiger partial charge in [-0.25, -0.2) is 0 Å². The molecular weight excluding hydrogens is 458 g/mol. The lowest BCUT2D eigenvalue weighted by atomic mass is 10.1. The van der Waals surface area contributed by atoms with Crippen molar-refractivity contribution in [3.63, 3.8) is 0 Å². The van der Waals surface area contributed by atoms with Crippen LogP contribution in [0.1, 0.15) is 22.5 Å². The van der Waals surface area contributed by atoms with E-state index in [1.54, 1.807) is 22.8 Å². The second kappa shape index (κ2) is 11.2. The van der Waals surface area contributed by atoms with Gasteiger partial charge in [0, 0.05) is 22.9 Å². The number of hydrogen-bond acceptors (Lipinski definition) is 5. The number of hydrogen-bond donors (Lipinski definition) is 2. The van der Waals surface area contributed by atoms with Crippen LogP contribution in [0.3, 0.4) is 0 Å². The van der Waals surface area contributed by atoms with Crippen molar-refractivity contribution >= 4 is 46.6 Å². The molecule has 0 radical (unpaired) electrons. The molecule has 0 spiro atoms. The van der Waals surface area contributed by atoms with Gasteiger partial charge in [-0.3, -0.25) is 9.59 Å². The molecule has 33 heavy (non-hydrogen) atoms. The van der Waals surface area contributed by atoms with Crippen LogP contribution in [0.5, 0.6) is 0 Å². The van der Waals surface area contributed by atoms with Crippen LogP contribution in [0.15, 0.2) is 54.2 Å². The molecule has 0 bridgehead atoms. The van der Waals surface area contributed by atoms with E-state index in [0.29, 0.717) is 28.2 Å². The highest BCUT2D eigenvalue weighted by Gasteiger charge is 2.17. The van der Waals surface area contributed by atoms with Gasteiger partial charge in [0.05, 0.1) is 12.2 Å². The van der Waals surface area contributed by atoms with Crippen molar-refractivity contribution in [3.8, 4) is 0 Å². The molecule has 3 aromatic rings. The van der Waals surface area contributed by atoms with Crippen molar-refractivity contribution in [3.05, 3.63) is 76.6 Å². The van der Waals surface area contributed by atoms with Crippen molar-refractivity contribution < 1.29 is 9.59 Å². The summed E-state index contributed by atoms with van der Waals surface area (Å²) >= 11 is 7.39. The molecule has 1 heterocycles. The number of anilines is 2. The topological polar surface area (TPSA) is 88.9 Å². The largest absolute Gasteiger partial charge is 0.326 e. The number of nitrogens with one attached hydrogen (secondary N) is 2. The fourth-order valence-electron chi connectivity index (χ4n) is 3.21. The van der Waals surface area contributed by atoms with Gasteiger partial charge in [0.1, 0.15) is 5.82 Å². The van der Waals surface area contributed by atoms with Crippen LogP contribution in [0, 0.1) is 20.8 Å². The highest BCUT2D eigenvalue weighted by atomic mass is 35.5. The maximum absolute atomic E-state index is 12.5. The first-order valence-electron chi connectivity index (χ1n) is 10.4. The average Bonchev–Trinajstić information content (AvgIpc) is 3.13. The number of thioether (sulfide) groups is 1. The Kier molecular flexibility index (Phi) is 8.30. The summed E-state index contributed by atoms with van der Waals surface area (Å²) in [5.74, 6) is 0.276. The van der Waals surface area contributed by atoms with Crippen molar-refractivity contribution in [2.45, 2.75) is 38.9 Å². The van der Waals surface area contributed by atoms with E-state index < -0.39 is 0 Å². The number of nitrogens with zero attached hydrogens (tertiary/aromatic N) is 3. The van der Waals surface area contributed by atoms with E-state index in [9.17, 15) is 9.59 Å². The van der Waals surface area contributed by atoms with Crippen LogP contribution < -0.4 is 10.6 Å². The summed E-state index contributed by atoms with van der Waals surface area (Å²) in [6.07, 6.45) is 1.73. The second-order valence-electron chi connectivity index (χ2n) is 7.59. The van der Waals surface area contributed by atoms with Crippen LogP contribution in [-0.4, -0.2) is 32.3 Å². The smallest absolute Gasteiger partial charge is 0.234 e. The third-order valence-electron chi connectivity index (χ3n) is 4.96. The van der Waals surface area contributed by atoms with E-state index in [2.05, 4.69) is 27.4 Å². The van der Waals surface area contributed by atoms with Gasteiger partial charge in [-0.05, 0) is 49.6 Å². The number of para-hydroxylation sites is 1. The van der Waals surface area contributed by atoms with Crippen molar-refractivity contribution in [1.82, 2.24) is 14.8 Å². The molecule has 0 aliphatic rings. The molecule has 9 heteroatoms. The normalized spacial score (nSPS) is 10.7. The summed E-state index contributed by atoms with van der Waals surface area (Å²) < 4.78 is 1.78. The Morgan fingerprint density at radius 3 is 2.45 bits per heavy atom. The molecule has 0 unspecified atom stereocenters. The Labute approximate surface area is 202 Å². The number of benzene rings is 2. The first-order chi connectivity index (χ1) is 15.8. The Bertz CT molecular complexity index is 1170. The molecule has 0 saturated heterocycles. The molecule has 2 aromatic carbocycles. The molecule has 172 valence electrons. The van der Waals surface area contributed by atoms with Gasteiger partial charge in [-0.1, -0.05) is 53.7 Å². The minimum atomic E-state index is -0.239. The molecule has 0 aliphatic carbocycles. The zero-order chi connectivity index (χ0) is 24.0. The van der Waals surface area contributed by atoms with E-state index >= 15 is 0 Å². The molecule has 7 nitrogen and oxygen atoms in total. The minimum absolute atomic E-state index is 0.0293. The van der Waals surface area contributed by atoms with Crippen molar-refractivity contribution in [1.29, 1.82) is 0 Å². The van der Waals surface area contributed by atoms with Gasteiger partial charge in [0.25, 0.3) is 0 Å². The van der Waals surface area contributed by atoms with Crippen LogP contribution in [0.25, 0.3) is 0 Å². The van der Waals surface area contributed by atoms with Crippen molar-refractivity contribution in [2.24, 2.45) is 0 Å². The Morgan fingerprint density at radius 1 is 1.06 bits per heavy atom. The zero-order valence-corrected chi connectivity index (χ0v) is 20.4. The first-order valence-corrected chi connectivity index (χ1v) is 11.7. The highest BCUT2D eigenvalue weighted by Crippen LogP contribution is 2.23. The lowest BCUT2D eigenvalue weighted by molar-refractivity contribution is -0.116. The quantitative estimate of drug-likeness (QED) is 0.332. The monoisotopic (exact) mass is 483 g/mol. The Morgan fingerprint density at radius 2 is 1.79 bits per heavy atom. The van der Waals surface area contributed by atoms with Crippen LogP contribution in [0.2, 0.25) is 5.02 Å². The molecule has 2 N–H and O–H groups in total. The Balaban J connectivity index is 1.64. The lowest BCUT2D eigenvalue weighted by Crippen LogP contribution is -2.18. The lowest BCUT2D eigenvalue weighted by Gasteiger charge is -2.11. The number of halogens is 1. The molecule has 0 aliphatic heterocycles. The molecule has 1 aromatic heterocycles. The number of amides is 2. The minimum Gasteiger partial charge on any atom is -0.326 e. The summed E-state index contributed by atoms with van der Waals surface area (Å²) in [5, 5.41) is 15.3. The predicted octanol–water partition coefficient (Wildman–Crippen LogP) is 4.95. The van der Waals surface area contributed by atoms with Gasteiger partial charge in [0.2, 0.25) is 11.8 Å².